The lowest BCUT2D eigenvalue weighted by molar-refractivity contribution is -0.161. The molecule has 0 bridgehead atoms. The Bertz CT molecular complexity index is 1990. The molecule has 102 heavy (non-hydrogen) atoms. The second kappa shape index (κ2) is 72.0. The van der Waals surface area contributed by atoms with Gasteiger partial charge in [-0.15, -0.1) is 0 Å². The number of phosphoric acid groups is 2. The summed E-state index contributed by atoms with van der Waals surface area (Å²) in [5.41, 5.74) is 0. The van der Waals surface area contributed by atoms with Crippen LogP contribution in [0, 0.1) is 23.7 Å². The number of phosphoric ester groups is 2. The normalized spacial score (nSPS) is 14.3. The van der Waals surface area contributed by atoms with E-state index in [9.17, 15) is 43.2 Å². The minimum Gasteiger partial charge on any atom is -0.462 e. The van der Waals surface area contributed by atoms with Crippen molar-refractivity contribution in [1.82, 2.24) is 0 Å². The van der Waals surface area contributed by atoms with Crippen LogP contribution in [0.5, 0.6) is 0 Å². The van der Waals surface area contributed by atoms with Gasteiger partial charge in [0.1, 0.15) is 19.3 Å². The molecule has 0 aromatic carbocycles. The van der Waals surface area contributed by atoms with E-state index in [-0.39, 0.29) is 25.7 Å². The van der Waals surface area contributed by atoms with Crippen molar-refractivity contribution in [1.29, 1.82) is 0 Å². The van der Waals surface area contributed by atoms with E-state index in [4.69, 9.17) is 37.0 Å². The lowest BCUT2D eigenvalue weighted by atomic mass is 9.99. The Kier molecular flexibility index (Phi) is 70.6. The molecule has 3 N–H and O–H groups in total. The number of unbranched alkanes of at least 4 members (excludes halogenated alkanes) is 45. The fraction of sp³-hybridized carbons (Fsp3) is 0.952. The molecular formula is C83H162O17P2. The quantitative estimate of drug-likeness (QED) is 0.0222. The van der Waals surface area contributed by atoms with Gasteiger partial charge in [0.2, 0.25) is 0 Å². The predicted octanol–water partition coefficient (Wildman–Crippen LogP) is 24.8. The van der Waals surface area contributed by atoms with Crippen LogP contribution in [0.3, 0.4) is 0 Å². The SMILES string of the molecule is CCC(C)CCCCCCCCCCCCCCCCCCCCC(=O)O[C@H](COC(=O)CCCCCCCCCCCCCCCC(C)C)COP(=O)(O)OCC(O)COP(=O)(O)OC[C@@H](COC(=O)CCCCCCCCCCC(C)C)OC(=O)CCCCCCCCCCCCC(C)C. The van der Waals surface area contributed by atoms with Gasteiger partial charge in [0, 0.05) is 25.7 Å². The molecular weight excluding hydrogens is 1330 g/mol. The number of carbonyl (C=O) groups excluding carboxylic acids is 4. The summed E-state index contributed by atoms with van der Waals surface area (Å²) < 4.78 is 68.8. The number of ether oxygens (including phenoxy) is 4. The van der Waals surface area contributed by atoms with Gasteiger partial charge < -0.3 is 33.8 Å². The zero-order valence-corrected chi connectivity index (χ0v) is 69.0. The Morgan fingerprint density at radius 3 is 0.696 bits per heavy atom. The van der Waals surface area contributed by atoms with E-state index in [1.54, 1.807) is 0 Å². The van der Waals surface area contributed by atoms with E-state index in [0.717, 1.165) is 114 Å². The summed E-state index contributed by atoms with van der Waals surface area (Å²) in [6.07, 6.45) is 59.7. The van der Waals surface area contributed by atoms with Crippen LogP contribution >= 0.6 is 15.6 Å². The topological polar surface area (TPSA) is 237 Å². The predicted molar refractivity (Wildman–Crippen MR) is 418 cm³/mol. The summed E-state index contributed by atoms with van der Waals surface area (Å²) in [4.78, 5) is 73.1. The number of esters is 4. The molecule has 4 unspecified atom stereocenters. The van der Waals surface area contributed by atoms with Crippen LogP contribution in [0.1, 0.15) is 428 Å². The molecule has 0 spiro atoms. The van der Waals surface area contributed by atoms with Crippen molar-refractivity contribution in [3.8, 4) is 0 Å². The zero-order chi connectivity index (χ0) is 75.3. The molecule has 17 nitrogen and oxygen atoms in total. The Morgan fingerprint density at radius 1 is 0.275 bits per heavy atom. The van der Waals surface area contributed by atoms with Crippen LogP contribution in [0.25, 0.3) is 0 Å². The molecule has 19 heteroatoms. The first kappa shape index (κ1) is 100. The Labute approximate surface area is 626 Å². The monoisotopic (exact) mass is 1490 g/mol. The second-order valence-electron chi connectivity index (χ2n) is 31.5. The third-order valence-corrected chi connectivity index (χ3v) is 21.6. The van der Waals surface area contributed by atoms with E-state index < -0.39 is 97.5 Å². The Balaban J connectivity index is 5.23. The summed E-state index contributed by atoms with van der Waals surface area (Å²) in [6, 6.07) is 0. The van der Waals surface area contributed by atoms with Gasteiger partial charge in [-0.05, 0) is 49.4 Å². The average Bonchev–Trinajstić information content (AvgIpc) is 0.926. The molecule has 6 atom stereocenters. The van der Waals surface area contributed by atoms with Crippen LogP contribution in [-0.4, -0.2) is 96.7 Å². The minimum absolute atomic E-state index is 0.105. The molecule has 606 valence electrons. The van der Waals surface area contributed by atoms with E-state index in [2.05, 4.69) is 55.4 Å². The maximum absolute atomic E-state index is 13.1. The molecule has 0 aliphatic heterocycles. The van der Waals surface area contributed by atoms with Crippen molar-refractivity contribution in [2.45, 2.75) is 446 Å². The smallest absolute Gasteiger partial charge is 0.462 e. The van der Waals surface area contributed by atoms with Crippen LogP contribution < -0.4 is 0 Å². The first-order valence-electron chi connectivity index (χ1n) is 42.7. The maximum Gasteiger partial charge on any atom is 0.472 e. The van der Waals surface area contributed by atoms with Crippen molar-refractivity contribution in [3.63, 3.8) is 0 Å². The summed E-state index contributed by atoms with van der Waals surface area (Å²) >= 11 is 0. The lowest BCUT2D eigenvalue weighted by Gasteiger charge is -2.21. The molecule has 0 aromatic rings. The van der Waals surface area contributed by atoms with Crippen molar-refractivity contribution in [2.24, 2.45) is 23.7 Å². The van der Waals surface area contributed by atoms with Gasteiger partial charge in [-0.3, -0.25) is 37.3 Å². The van der Waals surface area contributed by atoms with Gasteiger partial charge in [0.25, 0.3) is 0 Å². The van der Waals surface area contributed by atoms with Gasteiger partial charge >= 0.3 is 39.5 Å². The molecule has 0 aliphatic rings. The van der Waals surface area contributed by atoms with Gasteiger partial charge in [-0.2, -0.15) is 0 Å². The molecule has 0 fully saturated rings. The van der Waals surface area contributed by atoms with Crippen LogP contribution in [0.4, 0.5) is 0 Å². The van der Waals surface area contributed by atoms with E-state index in [1.165, 1.54) is 231 Å². The van der Waals surface area contributed by atoms with Crippen molar-refractivity contribution < 1.29 is 80.2 Å². The van der Waals surface area contributed by atoms with Crippen molar-refractivity contribution in [3.05, 3.63) is 0 Å². The second-order valence-corrected chi connectivity index (χ2v) is 34.4. The van der Waals surface area contributed by atoms with E-state index >= 15 is 0 Å². The largest absolute Gasteiger partial charge is 0.472 e. The summed E-state index contributed by atoms with van der Waals surface area (Å²) in [5, 5.41) is 10.7. The van der Waals surface area contributed by atoms with Gasteiger partial charge in [0.05, 0.1) is 26.4 Å². The molecule has 0 saturated carbocycles. The average molecular weight is 1490 g/mol. The van der Waals surface area contributed by atoms with Gasteiger partial charge in [0.15, 0.2) is 12.2 Å². The fourth-order valence-electron chi connectivity index (χ4n) is 12.8. The molecule has 0 aromatic heterocycles. The number of carbonyl (C=O) groups is 4. The maximum atomic E-state index is 13.1. The molecule has 0 rings (SSSR count). The summed E-state index contributed by atoms with van der Waals surface area (Å²) in [6.45, 7) is 14.3. The molecule has 0 radical (unpaired) electrons. The van der Waals surface area contributed by atoms with Crippen LogP contribution in [-0.2, 0) is 65.4 Å². The molecule has 0 amide bonds. The third-order valence-electron chi connectivity index (χ3n) is 19.7. The fourth-order valence-corrected chi connectivity index (χ4v) is 14.3. The van der Waals surface area contributed by atoms with Gasteiger partial charge in [-0.1, -0.05) is 376 Å². The number of hydrogen-bond acceptors (Lipinski definition) is 15. The highest BCUT2D eigenvalue weighted by Crippen LogP contribution is 2.45. The highest BCUT2D eigenvalue weighted by atomic mass is 31.2. The Hall–Kier alpha value is -1.94. The molecule has 0 saturated heterocycles. The highest BCUT2D eigenvalue weighted by Gasteiger charge is 2.30. The van der Waals surface area contributed by atoms with Crippen molar-refractivity contribution >= 4 is 39.5 Å². The zero-order valence-electron chi connectivity index (χ0n) is 67.2. The minimum atomic E-state index is -4.96. The standard InChI is InChI=1S/C83H162O17P2/c1-9-76(8)62-54-46-38-29-22-18-14-12-10-11-13-15-19-24-31-41-49-57-65-82(87)99-78(69-93-80(85)63-55-47-39-30-23-20-16-17-21-27-35-43-51-59-73(2)3)71-97-101(89,90)95-67-77(84)68-96-102(91,92)98-72-79(70-94-81(86)64-56-48-40-34-33-37-45-53-61-75(6)7)100-83(88)66-58-50-42-32-26-25-28-36-44-52-60-74(4)5/h73-79,84H,9-72H2,1-8H3,(H,89,90)(H,91,92)/t76?,77?,78-,79-/m1/s1. The van der Waals surface area contributed by atoms with E-state index in [0.29, 0.717) is 25.7 Å². The first-order chi connectivity index (χ1) is 49.1. The number of aliphatic hydroxyl groups excluding tert-OH is 1. The van der Waals surface area contributed by atoms with E-state index in [1.807, 2.05) is 0 Å². The van der Waals surface area contributed by atoms with Crippen LogP contribution in [0.15, 0.2) is 0 Å². The van der Waals surface area contributed by atoms with Gasteiger partial charge in [-0.25, -0.2) is 9.13 Å². The van der Waals surface area contributed by atoms with Crippen LogP contribution in [0.2, 0.25) is 0 Å². The third kappa shape index (κ3) is 74.9. The summed E-state index contributed by atoms with van der Waals surface area (Å²) in [7, 11) is -9.92. The number of aliphatic hydroxyl groups is 1. The Morgan fingerprint density at radius 2 is 0.471 bits per heavy atom. The van der Waals surface area contributed by atoms with Crippen molar-refractivity contribution in [2.75, 3.05) is 39.6 Å². The first-order valence-corrected chi connectivity index (χ1v) is 45.7. The highest BCUT2D eigenvalue weighted by molar-refractivity contribution is 7.47. The number of hydrogen-bond donors (Lipinski definition) is 3. The molecule has 0 aliphatic carbocycles. The number of rotatable bonds is 80. The summed E-state index contributed by atoms with van der Waals surface area (Å²) in [5.74, 6) is 1.03. The molecule has 0 heterocycles. The lowest BCUT2D eigenvalue weighted by Crippen LogP contribution is -2.30.